The van der Waals surface area contributed by atoms with Gasteiger partial charge in [0.25, 0.3) is 21.8 Å². The quantitative estimate of drug-likeness (QED) is 0.411. The van der Waals surface area contributed by atoms with Crippen LogP contribution in [0, 0.1) is 6.92 Å². The summed E-state index contributed by atoms with van der Waals surface area (Å²) in [4.78, 5) is 25.0. The van der Waals surface area contributed by atoms with Gasteiger partial charge in [0.05, 0.1) is 16.1 Å². The van der Waals surface area contributed by atoms with E-state index >= 15 is 0 Å². The average molecular weight is 449 g/mol. The van der Waals surface area contributed by atoms with Crippen LogP contribution in [-0.2, 0) is 10.0 Å². The number of rotatable bonds is 6. The number of para-hydroxylation sites is 2. The summed E-state index contributed by atoms with van der Waals surface area (Å²) >= 11 is 0. The van der Waals surface area contributed by atoms with Crippen LogP contribution < -0.4 is 15.8 Å². The first-order chi connectivity index (χ1) is 15.3. The molecule has 4 rings (SSSR count). The molecule has 3 aromatic carbocycles. The second kappa shape index (κ2) is 8.20. The number of sulfonamides is 1. The minimum Gasteiger partial charge on any atom is -0.449 e. The first kappa shape index (κ1) is 21.1. The maximum atomic E-state index is 13.1. The van der Waals surface area contributed by atoms with Crippen LogP contribution in [0.5, 0.6) is 0 Å². The molecule has 0 radical (unpaired) electrons. The van der Waals surface area contributed by atoms with E-state index in [0.717, 1.165) is 5.56 Å². The number of furan rings is 1. The van der Waals surface area contributed by atoms with Crippen molar-refractivity contribution < 1.29 is 22.4 Å². The highest BCUT2D eigenvalue weighted by Crippen LogP contribution is 2.31. The SMILES string of the molecule is Cc1ccc(S(=O)(=O)Nc2ccccc2C(=O)Nc2c(C(N)=O)oc3ccccc23)cc1. The number of benzene rings is 3. The lowest BCUT2D eigenvalue weighted by Crippen LogP contribution is -2.20. The second-order valence-corrected chi connectivity index (χ2v) is 8.77. The van der Waals surface area contributed by atoms with Crippen LogP contribution in [0.4, 0.5) is 11.4 Å². The van der Waals surface area contributed by atoms with Gasteiger partial charge in [-0.25, -0.2) is 8.42 Å². The molecule has 8 nitrogen and oxygen atoms in total. The van der Waals surface area contributed by atoms with Crippen molar-refractivity contribution in [2.24, 2.45) is 5.73 Å². The van der Waals surface area contributed by atoms with E-state index in [9.17, 15) is 18.0 Å². The molecule has 0 atom stereocenters. The highest BCUT2D eigenvalue weighted by Gasteiger charge is 2.23. The summed E-state index contributed by atoms with van der Waals surface area (Å²) in [6.45, 7) is 1.85. The van der Waals surface area contributed by atoms with E-state index in [1.54, 1.807) is 48.5 Å². The molecule has 0 unspecified atom stereocenters. The van der Waals surface area contributed by atoms with E-state index in [1.165, 1.54) is 24.3 Å². The van der Waals surface area contributed by atoms with Crippen molar-refractivity contribution in [3.63, 3.8) is 0 Å². The van der Waals surface area contributed by atoms with Crippen molar-refractivity contribution in [3.8, 4) is 0 Å². The third-order valence-electron chi connectivity index (χ3n) is 4.81. The molecule has 0 spiro atoms. The second-order valence-electron chi connectivity index (χ2n) is 7.08. The number of amides is 2. The number of nitrogens with two attached hydrogens (primary N) is 1. The Balaban J connectivity index is 1.69. The minimum absolute atomic E-state index is 0.0592. The van der Waals surface area contributed by atoms with Crippen LogP contribution >= 0.6 is 0 Å². The van der Waals surface area contributed by atoms with Gasteiger partial charge in [0.2, 0.25) is 5.76 Å². The summed E-state index contributed by atoms with van der Waals surface area (Å²) in [7, 11) is -3.93. The van der Waals surface area contributed by atoms with E-state index in [2.05, 4.69) is 10.0 Å². The maximum Gasteiger partial charge on any atom is 0.286 e. The fraction of sp³-hybridized carbons (Fsp3) is 0.0435. The van der Waals surface area contributed by atoms with Crippen molar-refractivity contribution in [1.29, 1.82) is 0 Å². The number of carbonyl (C=O) groups excluding carboxylic acids is 2. The molecule has 1 heterocycles. The Kier molecular flexibility index (Phi) is 5.41. The van der Waals surface area contributed by atoms with Crippen molar-refractivity contribution in [2.75, 3.05) is 10.0 Å². The number of nitrogens with one attached hydrogen (secondary N) is 2. The zero-order chi connectivity index (χ0) is 22.9. The van der Waals surface area contributed by atoms with E-state index in [1.807, 2.05) is 6.92 Å². The Morgan fingerprint density at radius 2 is 1.56 bits per heavy atom. The van der Waals surface area contributed by atoms with Gasteiger partial charge in [-0.3, -0.25) is 14.3 Å². The van der Waals surface area contributed by atoms with Gasteiger partial charge < -0.3 is 15.5 Å². The highest BCUT2D eigenvalue weighted by atomic mass is 32.2. The number of fused-ring (bicyclic) bond motifs is 1. The summed E-state index contributed by atoms with van der Waals surface area (Å²) in [5.41, 5.74) is 6.96. The van der Waals surface area contributed by atoms with Gasteiger partial charge in [-0.15, -0.1) is 0 Å². The smallest absolute Gasteiger partial charge is 0.286 e. The molecule has 0 saturated heterocycles. The van der Waals surface area contributed by atoms with Gasteiger partial charge >= 0.3 is 0 Å². The molecule has 162 valence electrons. The first-order valence-corrected chi connectivity index (χ1v) is 11.1. The Morgan fingerprint density at radius 3 is 2.28 bits per heavy atom. The normalized spacial score (nSPS) is 11.3. The predicted octanol–water partition coefficient (Wildman–Crippen LogP) is 3.89. The Labute approximate surface area is 184 Å². The molecule has 0 aliphatic rings. The van der Waals surface area contributed by atoms with Crippen molar-refractivity contribution in [1.82, 2.24) is 0 Å². The number of carbonyl (C=O) groups is 2. The summed E-state index contributed by atoms with van der Waals surface area (Å²) < 4.78 is 33.5. The lowest BCUT2D eigenvalue weighted by molar-refractivity contribution is 0.0977. The predicted molar refractivity (Wildman–Crippen MR) is 121 cm³/mol. The maximum absolute atomic E-state index is 13.1. The molecular weight excluding hydrogens is 430 g/mol. The molecule has 2 amide bonds. The highest BCUT2D eigenvalue weighted by molar-refractivity contribution is 7.92. The van der Waals surface area contributed by atoms with E-state index < -0.39 is 21.8 Å². The molecule has 0 aliphatic heterocycles. The summed E-state index contributed by atoms with van der Waals surface area (Å²) in [5.74, 6) is -1.68. The molecule has 0 fully saturated rings. The van der Waals surface area contributed by atoms with Crippen LogP contribution in [-0.4, -0.2) is 20.2 Å². The molecule has 4 N–H and O–H groups in total. The van der Waals surface area contributed by atoms with Crippen LogP contribution in [0.25, 0.3) is 11.0 Å². The minimum atomic E-state index is -3.93. The lowest BCUT2D eigenvalue weighted by atomic mass is 10.1. The average Bonchev–Trinajstić information content (AvgIpc) is 3.13. The molecule has 4 aromatic rings. The van der Waals surface area contributed by atoms with Gasteiger partial charge in [-0.2, -0.15) is 0 Å². The molecule has 0 saturated carbocycles. The summed E-state index contributed by atoms with van der Waals surface area (Å²) in [5, 5.41) is 3.13. The largest absolute Gasteiger partial charge is 0.449 e. The van der Waals surface area contributed by atoms with E-state index in [0.29, 0.717) is 11.0 Å². The fourth-order valence-electron chi connectivity index (χ4n) is 3.22. The molecule has 0 aliphatic carbocycles. The number of aryl methyl sites for hydroxylation is 1. The lowest BCUT2D eigenvalue weighted by Gasteiger charge is -2.13. The monoisotopic (exact) mass is 449 g/mol. The van der Waals surface area contributed by atoms with Crippen molar-refractivity contribution in [2.45, 2.75) is 11.8 Å². The van der Waals surface area contributed by atoms with E-state index in [4.69, 9.17) is 10.2 Å². The molecule has 32 heavy (non-hydrogen) atoms. The third-order valence-corrected chi connectivity index (χ3v) is 6.19. The Hall–Kier alpha value is -4.11. The molecular formula is C23H19N3O5S. The molecule has 0 bridgehead atoms. The standard InChI is InChI=1S/C23H19N3O5S/c1-14-10-12-15(13-11-14)32(29,30)26-18-8-4-2-6-16(18)23(28)25-20-17-7-3-5-9-19(17)31-21(20)22(24)27/h2-13,26H,1H3,(H2,24,27)(H,25,28). The van der Waals surface area contributed by atoms with Gasteiger partial charge in [0, 0.05) is 5.39 Å². The number of hydrogen-bond donors (Lipinski definition) is 3. The van der Waals surface area contributed by atoms with Gasteiger partial charge in [-0.1, -0.05) is 42.0 Å². The summed E-state index contributed by atoms with van der Waals surface area (Å²) in [6, 6.07) is 19.2. The first-order valence-electron chi connectivity index (χ1n) is 9.57. The Morgan fingerprint density at radius 1 is 0.906 bits per heavy atom. The van der Waals surface area contributed by atoms with Gasteiger partial charge in [0.15, 0.2) is 0 Å². The summed E-state index contributed by atoms with van der Waals surface area (Å²) in [6.07, 6.45) is 0. The van der Waals surface area contributed by atoms with Crippen molar-refractivity contribution >= 4 is 44.2 Å². The van der Waals surface area contributed by atoms with Crippen LogP contribution in [0.3, 0.4) is 0 Å². The zero-order valence-electron chi connectivity index (χ0n) is 17.0. The topological polar surface area (TPSA) is 132 Å². The number of hydrogen-bond acceptors (Lipinski definition) is 5. The Bertz CT molecular complexity index is 1440. The molecule has 1 aromatic heterocycles. The molecule has 9 heteroatoms. The zero-order valence-corrected chi connectivity index (χ0v) is 17.8. The van der Waals surface area contributed by atoms with E-state index in [-0.39, 0.29) is 27.6 Å². The van der Waals surface area contributed by atoms with Crippen LogP contribution in [0.15, 0.2) is 82.1 Å². The van der Waals surface area contributed by atoms with Gasteiger partial charge in [0.1, 0.15) is 11.3 Å². The number of anilines is 2. The van der Waals surface area contributed by atoms with Crippen LogP contribution in [0.2, 0.25) is 0 Å². The van der Waals surface area contributed by atoms with Crippen molar-refractivity contribution in [3.05, 3.63) is 89.7 Å². The van der Waals surface area contributed by atoms with Crippen LogP contribution in [0.1, 0.15) is 26.5 Å². The van der Waals surface area contributed by atoms with Gasteiger partial charge in [-0.05, 0) is 43.3 Å². The number of primary amides is 1. The fourth-order valence-corrected chi connectivity index (χ4v) is 4.29. The third kappa shape index (κ3) is 4.06.